The Bertz CT molecular complexity index is 345. The molecular weight excluding hydrogens is 190 g/mol. The number of aryl methyl sites for hydroxylation is 1. The first kappa shape index (κ1) is 11.6. The number of aromatic nitrogens is 2. The SMILES string of the molecule is Cn1cc(CN=C(N)NC(C)(C)C)cn1. The van der Waals surface area contributed by atoms with E-state index in [0.717, 1.165) is 5.56 Å². The van der Waals surface area contributed by atoms with Crippen molar-refractivity contribution in [2.45, 2.75) is 32.9 Å². The lowest BCUT2D eigenvalue weighted by molar-refractivity contribution is 0.508. The van der Waals surface area contributed by atoms with Crippen molar-refractivity contribution in [3.05, 3.63) is 18.0 Å². The van der Waals surface area contributed by atoms with E-state index in [-0.39, 0.29) is 5.54 Å². The molecule has 0 aliphatic carbocycles. The van der Waals surface area contributed by atoms with E-state index in [2.05, 4.69) is 15.4 Å². The average molecular weight is 209 g/mol. The van der Waals surface area contributed by atoms with E-state index in [4.69, 9.17) is 5.73 Å². The summed E-state index contributed by atoms with van der Waals surface area (Å²) in [6.07, 6.45) is 3.71. The number of nitrogens with two attached hydrogens (primary N) is 1. The molecule has 0 aliphatic rings. The van der Waals surface area contributed by atoms with Crippen LogP contribution in [0.5, 0.6) is 0 Å². The topological polar surface area (TPSA) is 68.2 Å². The molecule has 0 spiro atoms. The lowest BCUT2D eigenvalue weighted by Gasteiger charge is -2.20. The highest BCUT2D eigenvalue weighted by Gasteiger charge is 2.09. The molecule has 1 aromatic heterocycles. The Morgan fingerprint density at radius 1 is 1.60 bits per heavy atom. The number of hydrogen-bond acceptors (Lipinski definition) is 2. The van der Waals surface area contributed by atoms with Gasteiger partial charge in [0.05, 0.1) is 12.7 Å². The van der Waals surface area contributed by atoms with Gasteiger partial charge in [0.2, 0.25) is 0 Å². The zero-order valence-corrected chi connectivity index (χ0v) is 9.78. The Balaban J connectivity index is 2.51. The molecule has 1 aromatic rings. The predicted molar refractivity (Wildman–Crippen MR) is 61.4 cm³/mol. The highest BCUT2D eigenvalue weighted by Crippen LogP contribution is 2.00. The number of guanidine groups is 1. The van der Waals surface area contributed by atoms with Gasteiger partial charge in [-0.05, 0) is 20.8 Å². The van der Waals surface area contributed by atoms with Crippen LogP contribution in [0.1, 0.15) is 26.3 Å². The fraction of sp³-hybridized carbons (Fsp3) is 0.600. The molecular formula is C10H19N5. The van der Waals surface area contributed by atoms with Crippen LogP contribution in [-0.2, 0) is 13.6 Å². The zero-order chi connectivity index (χ0) is 11.5. The van der Waals surface area contributed by atoms with Gasteiger partial charge in [0, 0.05) is 24.3 Å². The number of nitrogens with zero attached hydrogens (tertiary/aromatic N) is 3. The molecule has 0 bridgehead atoms. The summed E-state index contributed by atoms with van der Waals surface area (Å²) in [5, 5.41) is 7.15. The molecule has 84 valence electrons. The van der Waals surface area contributed by atoms with Crippen molar-refractivity contribution in [2.24, 2.45) is 17.8 Å². The van der Waals surface area contributed by atoms with E-state index in [1.54, 1.807) is 10.9 Å². The van der Waals surface area contributed by atoms with Gasteiger partial charge in [-0.25, -0.2) is 4.99 Å². The van der Waals surface area contributed by atoms with Crippen molar-refractivity contribution in [1.82, 2.24) is 15.1 Å². The summed E-state index contributed by atoms with van der Waals surface area (Å²) in [4.78, 5) is 4.22. The van der Waals surface area contributed by atoms with E-state index in [9.17, 15) is 0 Å². The average Bonchev–Trinajstić information content (AvgIpc) is 2.45. The van der Waals surface area contributed by atoms with Gasteiger partial charge < -0.3 is 11.1 Å². The second kappa shape index (κ2) is 4.33. The number of aliphatic imine (C=N–C) groups is 1. The van der Waals surface area contributed by atoms with E-state index < -0.39 is 0 Å². The molecule has 0 saturated heterocycles. The molecule has 0 saturated carbocycles. The van der Waals surface area contributed by atoms with Crippen LogP contribution in [0.2, 0.25) is 0 Å². The Kier molecular flexibility index (Phi) is 3.34. The maximum absolute atomic E-state index is 5.73. The first-order valence-electron chi connectivity index (χ1n) is 4.92. The van der Waals surface area contributed by atoms with Gasteiger partial charge in [-0.2, -0.15) is 5.10 Å². The molecule has 0 amide bonds. The Labute approximate surface area is 90.4 Å². The Morgan fingerprint density at radius 3 is 2.73 bits per heavy atom. The first-order valence-corrected chi connectivity index (χ1v) is 4.92. The van der Waals surface area contributed by atoms with Gasteiger partial charge in [-0.15, -0.1) is 0 Å². The van der Waals surface area contributed by atoms with Gasteiger partial charge in [-0.1, -0.05) is 0 Å². The minimum absolute atomic E-state index is 0.0531. The van der Waals surface area contributed by atoms with E-state index >= 15 is 0 Å². The first-order chi connectivity index (χ1) is 6.87. The number of hydrogen-bond donors (Lipinski definition) is 2. The van der Waals surface area contributed by atoms with Gasteiger partial charge in [0.25, 0.3) is 0 Å². The lowest BCUT2D eigenvalue weighted by atomic mass is 10.1. The van der Waals surface area contributed by atoms with Crippen molar-refractivity contribution in [3.8, 4) is 0 Å². The molecule has 0 aliphatic heterocycles. The van der Waals surface area contributed by atoms with Crippen molar-refractivity contribution < 1.29 is 0 Å². The fourth-order valence-corrected chi connectivity index (χ4v) is 1.15. The molecule has 15 heavy (non-hydrogen) atoms. The van der Waals surface area contributed by atoms with Crippen LogP contribution in [0.4, 0.5) is 0 Å². The largest absolute Gasteiger partial charge is 0.370 e. The van der Waals surface area contributed by atoms with Gasteiger partial charge in [-0.3, -0.25) is 4.68 Å². The highest BCUT2D eigenvalue weighted by molar-refractivity contribution is 5.78. The molecule has 1 heterocycles. The van der Waals surface area contributed by atoms with Gasteiger partial charge in [0.15, 0.2) is 5.96 Å². The fourth-order valence-electron chi connectivity index (χ4n) is 1.15. The maximum Gasteiger partial charge on any atom is 0.189 e. The summed E-state index contributed by atoms with van der Waals surface area (Å²) in [7, 11) is 1.88. The molecule has 5 nitrogen and oxygen atoms in total. The van der Waals surface area contributed by atoms with Crippen LogP contribution in [0.25, 0.3) is 0 Å². The van der Waals surface area contributed by atoms with E-state index in [1.165, 1.54) is 0 Å². The summed E-state index contributed by atoms with van der Waals surface area (Å²) in [5.41, 5.74) is 6.73. The predicted octanol–water partition coefficient (Wildman–Crippen LogP) is 0.623. The minimum Gasteiger partial charge on any atom is -0.370 e. The van der Waals surface area contributed by atoms with Crippen LogP contribution in [0.3, 0.4) is 0 Å². The molecule has 0 atom stereocenters. The monoisotopic (exact) mass is 209 g/mol. The summed E-state index contributed by atoms with van der Waals surface area (Å²) < 4.78 is 1.75. The van der Waals surface area contributed by atoms with E-state index in [0.29, 0.717) is 12.5 Å². The Morgan fingerprint density at radius 2 is 2.27 bits per heavy atom. The van der Waals surface area contributed by atoms with Crippen molar-refractivity contribution in [1.29, 1.82) is 0 Å². The molecule has 1 rings (SSSR count). The Hall–Kier alpha value is -1.52. The van der Waals surface area contributed by atoms with Crippen molar-refractivity contribution in [3.63, 3.8) is 0 Å². The molecule has 5 heteroatoms. The van der Waals surface area contributed by atoms with Crippen LogP contribution in [-0.4, -0.2) is 21.3 Å². The van der Waals surface area contributed by atoms with Gasteiger partial charge >= 0.3 is 0 Å². The third-order valence-electron chi connectivity index (χ3n) is 1.69. The number of nitrogens with one attached hydrogen (secondary N) is 1. The van der Waals surface area contributed by atoms with Crippen LogP contribution in [0, 0.1) is 0 Å². The molecule has 0 aromatic carbocycles. The van der Waals surface area contributed by atoms with Crippen LogP contribution < -0.4 is 11.1 Å². The van der Waals surface area contributed by atoms with Crippen molar-refractivity contribution >= 4 is 5.96 Å². The summed E-state index contributed by atoms with van der Waals surface area (Å²) in [6, 6.07) is 0. The smallest absolute Gasteiger partial charge is 0.189 e. The van der Waals surface area contributed by atoms with Crippen LogP contribution >= 0.6 is 0 Å². The highest BCUT2D eigenvalue weighted by atomic mass is 15.2. The molecule has 0 radical (unpaired) electrons. The second-order valence-electron chi connectivity index (χ2n) is 4.60. The standard InChI is InChI=1S/C10H19N5/c1-10(2,3)14-9(11)12-5-8-6-13-15(4)7-8/h6-7H,5H2,1-4H3,(H3,11,12,14). The second-order valence-corrected chi connectivity index (χ2v) is 4.60. The van der Waals surface area contributed by atoms with Crippen LogP contribution in [0.15, 0.2) is 17.4 Å². The van der Waals surface area contributed by atoms with Crippen molar-refractivity contribution in [2.75, 3.05) is 0 Å². The molecule has 0 unspecified atom stereocenters. The number of rotatable bonds is 2. The third kappa shape index (κ3) is 4.49. The minimum atomic E-state index is -0.0531. The van der Waals surface area contributed by atoms with E-state index in [1.807, 2.05) is 34.0 Å². The summed E-state index contributed by atoms with van der Waals surface area (Å²) >= 11 is 0. The zero-order valence-electron chi connectivity index (χ0n) is 9.78. The third-order valence-corrected chi connectivity index (χ3v) is 1.69. The summed E-state index contributed by atoms with van der Waals surface area (Å²) in [5.74, 6) is 0.464. The molecule has 3 N–H and O–H groups in total. The van der Waals surface area contributed by atoms with Gasteiger partial charge in [0.1, 0.15) is 0 Å². The lowest BCUT2D eigenvalue weighted by Crippen LogP contribution is -2.44. The quantitative estimate of drug-likeness (QED) is 0.554. The summed E-state index contributed by atoms with van der Waals surface area (Å²) in [6.45, 7) is 6.68. The normalized spacial score (nSPS) is 12.9. The molecule has 0 fully saturated rings. The maximum atomic E-state index is 5.73.